The lowest BCUT2D eigenvalue weighted by Crippen LogP contribution is -2.42. The van der Waals surface area contributed by atoms with Gasteiger partial charge in [0, 0.05) is 0 Å². The van der Waals surface area contributed by atoms with Crippen LogP contribution in [0.25, 0.3) is 6.08 Å². The van der Waals surface area contributed by atoms with Crippen LogP contribution >= 0.6 is 23.4 Å². The van der Waals surface area contributed by atoms with Crippen LogP contribution in [0.15, 0.2) is 17.0 Å². The van der Waals surface area contributed by atoms with Crippen molar-refractivity contribution in [2.45, 2.75) is 19.9 Å². The van der Waals surface area contributed by atoms with Crippen LogP contribution in [0.5, 0.6) is 11.5 Å². The average Bonchev–Trinajstić information content (AvgIpc) is 2.87. The molecule has 1 aliphatic rings. The van der Waals surface area contributed by atoms with Gasteiger partial charge < -0.3 is 14.2 Å². The predicted molar refractivity (Wildman–Crippen MR) is 98.5 cm³/mol. The summed E-state index contributed by atoms with van der Waals surface area (Å²) < 4.78 is 15.3. The monoisotopic (exact) mass is 399 g/mol. The summed E-state index contributed by atoms with van der Waals surface area (Å²) in [4.78, 5) is 37.3. The van der Waals surface area contributed by atoms with Gasteiger partial charge in [-0.25, -0.2) is 4.79 Å². The Bertz CT molecular complexity index is 779. The molecule has 26 heavy (non-hydrogen) atoms. The van der Waals surface area contributed by atoms with E-state index in [1.54, 1.807) is 12.1 Å². The van der Waals surface area contributed by atoms with Crippen molar-refractivity contribution in [3.63, 3.8) is 0 Å². The molecule has 1 heterocycles. The third kappa shape index (κ3) is 3.96. The van der Waals surface area contributed by atoms with Gasteiger partial charge in [-0.3, -0.25) is 14.5 Å². The molecule has 1 saturated heterocycles. The molecule has 0 aromatic heterocycles. The maximum absolute atomic E-state index is 12.5. The number of benzene rings is 1. The zero-order valence-electron chi connectivity index (χ0n) is 14.7. The number of thioether (sulfide) groups is 1. The number of ether oxygens (including phenoxy) is 3. The minimum absolute atomic E-state index is 0.175. The number of carbonyl (C=O) groups is 3. The molecule has 2 rings (SSSR count). The highest BCUT2D eigenvalue weighted by Gasteiger charge is 2.41. The van der Waals surface area contributed by atoms with Gasteiger partial charge in [-0.15, -0.1) is 0 Å². The molecule has 0 bridgehead atoms. The second kappa shape index (κ2) is 8.46. The molecule has 140 valence electrons. The fourth-order valence-electron chi connectivity index (χ4n) is 2.37. The minimum Gasteiger partial charge on any atom is -0.491 e. The maximum atomic E-state index is 12.5. The molecule has 1 fully saturated rings. The molecule has 0 radical (unpaired) electrons. The molecule has 0 spiro atoms. The Morgan fingerprint density at radius 2 is 2.04 bits per heavy atom. The van der Waals surface area contributed by atoms with Crippen molar-refractivity contribution in [1.82, 2.24) is 4.90 Å². The van der Waals surface area contributed by atoms with E-state index in [9.17, 15) is 14.4 Å². The lowest BCUT2D eigenvalue weighted by molar-refractivity contribution is -0.148. The molecule has 0 aliphatic carbocycles. The van der Waals surface area contributed by atoms with Gasteiger partial charge in [-0.05, 0) is 49.4 Å². The van der Waals surface area contributed by atoms with Gasteiger partial charge in [0.1, 0.15) is 6.04 Å². The third-order valence-corrected chi connectivity index (χ3v) is 4.75. The molecule has 0 saturated carbocycles. The summed E-state index contributed by atoms with van der Waals surface area (Å²) in [7, 11) is 2.67. The number of nitrogens with zero attached hydrogens (tertiary/aromatic N) is 1. The van der Waals surface area contributed by atoms with E-state index in [1.807, 2.05) is 6.92 Å². The lowest BCUT2D eigenvalue weighted by Gasteiger charge is -2.18. The first kappa shape index (κ1) is 20.1. The van der Waals surface area contributed by atoms with Gasteiger partial charge in [-0.1, -0.05) is 11.6 Å². The molecule has 1 aromatic carbocycles. The summed E-state index contributed by atoms with van der Waals surface area (Å²) in [6, 6.07) is 2.25. The molecular weight excluding hydrogens is 382 g/mol. The molecule has 0 N–H and O–H groups in total. The van der Waals surface area contributed by atoms with E-state index in [2.05, 4.69) is 4.74 Å². The molecule has 1 aromatic rings. The number of hydrogen-bond donors (Lipinski definition) is 0. The first-order valence-corrected chi connectivity index (χ1v) is 8.88. The molecule has 7 nitrogen and oxygen atoms in total. The van der Waals surface area contributed by atoms with E-state index in [-0.39, 0.29) is 4.91 Å². The molecule has 9 heteroatoms. The van der Waals surface area contributed by atoms with E-state index in [4.69, 9.17) is 21.1 Å². The fraction of sp³-hybridized carbons (Fsp3) is 0.353. The van der Waals surface area contributed by atoms with Crippen LogP contribution in [0.2, 0.25) is 5.02 Å². The number of amides is 2. The quantitative estimate of drug-likeness (QED) is 0.535. The Morgan fingerprint density at radius 3 is 2.62 bits per heavy atom. The van der Waals surface area contributed by atoms with Crippen LogP contribution < -0.4 is 9.47 Å². The van der Waals surface area contributed by atoms with Gasteiger partial charge >= 0.3 is 5.97 Å². The standard InChI is InChI=1S/C17H18ClNO6S/c1-5-25-12-7-10(6-11(18)14(12)23-3)8-13-15(20)19(17(22)26-13)9(2)16(21)24-4/h6-9H,5H2,1-4H3/b13-8+/t9-/m0/s1. The number of hydrogen-bond acceptors (Lipinski definition) is 7. The summed E-state index contributed by atoms with van der Waals surface area (Å²) in [5, 5.41) is -0.226. The molecular formula is C17H18ClNO6S. The predicted octanol–water partition coefficient (Wildman–Crippen LogP) is 3.35. The van der Waals surface area contributed by atoms with E-state index in [0.717, 1.165) is 16.7 Å². The third-order valence-electron chi connectivity index (χ3n) is 3.59. The van der Waals surface area contributed by atoms with E-state index in [1.165, 1.54) is 27.2 Å². The highest BCUT2D eigenvalue weighted by Crippen LogP contribution is 2.39. The van der Waals surface area contributed by atoms with Gasteiger partial charge in [0.15, 0.2) is 11.5 Å². The van der Waals surface area contributed by atoms with Gasteiger partial charge in [0.2, 0.25) is 0 Å². The summed E-state index contributed by atoms with van der Waals surface area (Å²) >= 11 is 6.94. The Hall–Kier alpha value is -2.19. The SMILES string of the molecule is CCOc1cc(/C=C2/SC(=O)N([C@@H](C)C(=O)OC)C2=O)cc(Cl)c1OC. The van der Waals surface area contributed by atoms with E-state index >= 15 is 0 Å². The molecule has 0 unspecified atom stereocenters. The summed E-state index contributed by atoms with van der Waals surface area (Å²) in [6.07, 6.45) is 1.52. The van der Waals surface area contributed by atoms with Crippen molar-refractivity contribution < 1.29 is 28.6 Å². The first-order valence-electron chi connectivity index (χ1n) is 7.69. The van der Waals surface area contributed by atoms with Crippen molar-refractivity contribution >= 4 is 46.6 Å². The van der Waals surface area contributed by atoms with Gasteiger partial charge in [0.05, 0.1) is 30.8 Å². The Labute approximate surface area is 160 Å². The Balaban J connectivity index is 2.37. The van der Waals surface area contributed by atoms with Crippen molar-refractivity contribution in [1.29, 1.82) is 0 Å². The highest BCUT2D eigenvalue weighted by molar-refractivity contribution is 8.18. The second-order valence-electron chi connectivity index (χ2n) is 5.22. The number of esters is 1. The number of imide groups is 1. The largest absolute Gasteiger partial charge is 0.491 e. The first-order chi connectivity index (χ1) is 12.3. The van der Waals surface area contributed by atoms with Crippen molar-refractivity contribution in [2.75, 3.05) is 20.8 Å². The fourth-order valence-corrected chi connectivity index (χ4v) is 3.58. The Morgan fingerprint density at radius 1 is 1.35 bits per heavy atom. The van der Waals surface area contributed by atoms with Crippen LogP contribution in [0, 0.1) is 0 Å². The van der Waals surface area contributed by atoms with Crippen LogP contribution in [0.4, 0.5) is 4.79 Å². The van der Waals surface area contributed by atoms with Crippen LogP contribution in [0.1, 0.15) is 19.4 Å². The van der Waals surface area contributed by atoms with Crippen LogP contribution in [-0.4, -0.2) is 48.9 Å². The summed E-state index contributed by atoms with van der Waals surface area (Å²) in [5.74, 6) is -0.420. The second-order valence-corrected chi connectivity index (χ2v) is 6.62. The smallest absolute Gasteiger partial charge is 0.328 e. The number of carbonyl (C=O) groups excluding carboxylic acids is 3. The van der Waals surface area contributed by atoms with Crippen LogP contribution in [-0.2, 0) is 14.3 Å². The number of halogens is 1. The van der Waals surface area contributed by atoms with Gasteiger partial charge in [-0.2, -0.15) is 0 Å². The average molecular weight is 400 g/mol. The lowest BCUT2D eigenvalue weighted by atomic mass is 10.1. The number of methoxy groups -OCH3 is 2. The highest BCUT2D eigenvalue weighted by atomic mass is 35.5. The van der Waals surface area contributed by atoms with Crippen molar-refractivity contribution in [3.8, 4) is 11.5 Å². The zero-order valence-corrected chi connectivity index (χ0v) is 16.3. The summed E-state index contributed by atoms with van der Waals surface area (Å²) in [6.45, 7) is 3.66. The van der Waals surface area contributed by atoms with Gasteiger partial charge in [0.25, 0.3) is 11.1 Å². The molecule has 1 atom stereocenters. The molecule has 2 amide bonds. The van der Waals surface area contributed by atoms with E-state index in [0.29, 0.717) is 28.7 Å². The van der Waals surface area contributed by atoms with E-state index < -0.39 is 23.2 Å². The normalized spacial score (nSPS) is 16.8. The topological polar surface area (TPSA) is 82.1 Å². The van der Waals surface area contributed by atoms with Crippen LogP contribution in [0.3, 0.4) is 0 Å². The summed E-state index contributed by atoms with van der Waals surface area (Å²) in [5.41, 5.74) is 0.565. The molecule has 1 aliphatic heterocycles. The Kier molecular flexibility index (Phi) is 6.55. The number of rotatable bonds is 6. The minimum atomic E-state index is -1.00. The zero-order chi connectivity index (χ0) is 19.4. The van der Waals surface area contributed by atoms with Crippen molar-refractivity contribution in [2.24, 2.45) is 0 Å². The van der Waals surface area contributed by atoms with Crippen molar-refractivity contribution in [3.05, 3.63) is 27.6 Å². The maximum Gasteiger partial charge on any atom is 0.328 e.